The smallest absolute Gasteiger partial charge is 0.133 e. The third-order valence-corrected chi connectivity index (χ3v) is 4.57. The molecule has 1 N–H and O–H groups in total. The Hall–Kier alpha value is -1.12. The molecule has 1 fully saturated rings. The van der Waals surface area contributed by atoms with E-state index < -0.39 is 0 Å². The van der Waals surface area contributed by atoms with Crippen molar-refractivity contribution < 1.29 is 0 Å². The lowest BCUT2D eigenvalue weighted by atomic mass is 10.1. The summed E-state index contributed by atoms with van der Waals surface area (Å²) in [5.74, 6) is 1.14. The fourth-order valence-corrected chi connectivity index (χ4v) is 3.44. The fourth-order valence-electron chi connectivity index (χ4n) is 3.44. The molecule has 19 heavy (non-hydrogen) atoms. The van der Waals surface area contributed by atoms with Gasteiger partial charge in [-0.1, -0.05) is 32.1 Å². The number of nitrogens with zero attached hydrogens (tertiary/aromatic N) is 2. The van der Waals surface area contributed by atoms with E-state index >= 15 is 0 Å². The van der Waals surface area contributed by atoms with Gasteiger partial charge < -0.3 is 5.32 Å². The van der Waals surface area contributed by atoms with Crippen LogP contribution in [-0.2, 0) is 12.8 Å². The minimum absolute atomic E-state index is 0.629. The maximum atomic E-state index is 4.54. The van der Waals surface area contributed by atoms with Crippen molar-refractivity contribution in [3.63, 3.8) is 0 Å². The van der Waals surface area contributed by atoms with Crippen molar-refractivity contribution in [2.24, 2.45) is 0 Å². The molecule has 1 saturated carbocycles. The first-order valence-electron chi connectivity index (χ1n) is 8.03. The molecule has 0 unspecified atom stereocenters. The van der Waals surface area contributed by atoms with Crippen LogP contribution in [-0.4, -0.2) is 16.0 Å². The topological polar surface area (TPSA) is 37.8 Å². The summed E-state index contributed by atoms with van der Waals surface area (Å²) in [5, 5.41) is 3.73. The van der Waals surface area contributed by atoms with E-state index in [9.17, 15) is 0 Å². The third-order valence-electron chi connectivity index (χ3n) is 4.57. The second-order valence-corrected chi connectivity index (χ2v) is 6.04. The van der Waals surface area contributed by atoms with Gasteiger partial charge in [0.1, 0.15) is 12.1 Å². The van der Waals surface area contributed by atoms with Gasteiger partial charge in [-0.2, -0.15) is 0 Å². The zero-order valence-electron chi connectivity index (χ0n) is 11.8. The summed E-state index contributed by atoms with van der Waals surface area (Å²) in [4.78, 5) is 9.04. The van der Waals surface area contributed by atoms with Crippen molar-refractivity contribution in [2.75, 3.05) is 5.32 Å². The maximum absolute atomic E-state index is 4.54. The van der Waals surface area contributed by atoms with Gasteiger partial charge in [0.15, 0.2) is 0 Å². The van der Waals surface area contributed by atoms with Gasteiger partial charge in [0.2, 0.25) is 0 Å². The highest BCUT2D eigenvalue weighted by Crippen LogP contribution is 2.26. The van der Waals surface area contributed by atoms with Crippen molar-refractivity contribution in [1.29, 1.82) is 0 Å². The third kappa shape index (κ3) is 3.26. The number of rotatable bonds is 2. The lowest BCUT2D eigenvalue weighted by Crippen LogP contribution is -2.20. The van der Waals surface area contributed by atoms with E-state index in [0.717, 1.165) is 18.7 Å². The molecule has 0 amide bonds. The van der Waals surface area contributed by atoms with Crippen LogP contribution in [0.1, 0.15) is 69.0 Å². The summed E-state index contributed by atoms with van der Waals surface area (Å²) in [6.45, 7) is 0. The van der Waals surface area contributed by atoms with Crippen molar-refractivity contribution in [1.82, 2.24) is 9.97 Å². The molecule has 2 aliphatic carbocycles. The highest BCUT2D eigenvalue weighted by Gasteiger charge is 2.18. The molecule has 3 heteroatoms. The van der Waals surface area contributed by atoms with Crippen molar-refractivity contribution in [3.8, 4) is 0 Å². The number of hydrogen-bond acceptors (Lipinski definition) is 3. The summed E-state index contributed by atoms with van der Waals surface area (Å²) in [6, 6.07) is 0.629. The van der Waals surface area contributed by atoms with Gasteiger partial charge >= 0.3 is 0 Å². The quantitative estimate of drug-likeness (QED) is 0.647. The van der Waals surface area contributed by atoms with Gasteiger partial charge in [0.05, 0.1) is 0 Å². The molecule has 104 valence electrons. The standard InChI is InChI=1S/C16H25N3/c1-2-5-9-13(8-4-1)19-16-14-10-6-3-7-11-15(14)17-12-18-16/h12-13H,1-11H2,(H,17,18,19). The molecular formula is C16H25N3. The largest absolute Gasteiger partial charge is 0.367 e. The van der Waals surface area contributed by atoms with Crippen LogP contribution >= 0.6 is 0 Å². The minimum atomic E-state index is 0.629. The first-order valence-corrected chi connectivity index (χ1v) is 8.03. The number of nitrogens with one attached hydrogen (secondary N) is 1. The van der Waals surface area contributed by atoms with E-state index in [2.05, 4.69) is 15.3 Å². The Morgan fingerprint density at radius 2 is 1.58 bits per heavy atom. The second-order valence-electron chi connectivity index (χ2n) is 6.04. The van der Waals surface area contributed by atoms with Gasteiger partial charge in [0, 0.05) is 17.3 Å². The average molecular weight is 259 g/mol. The number of anilines is 1. The van der Waals surface area contributed by atoms with Crippen LogP contribution in [0.25, 0.3) is 0 Å². The van der Waals surface area contributed by atoms with Crippen molar-refractivity contribution in [2.45, 2.75) is 76.7 Å². The average Bonchev–Trinajstić information content (AvgIpc) is 2.81. The van der Waals surface area contributed by atoms with Gasteiger partial charge in [-0.25, -0.2) is 9.97 Å². The summed E-state index contributed by atoms with van der Waals surface area (Å²) < 4.78 is 0. The first-order chi connectivity index (χ1) is 9.43. The van der Waals surface area contributed by atoms with Crippen molar-refractivity contribution in [3.05, 3.63) is 17.6 Å². The first kappa shape index (κ1) is 12.9. The Morgan fingerprint density at radius 3 is 2.42 bits per heavy atom. The van der Waals surface area contributed by atoms with E-state index in [4.69, 9.17) is 0 Å². The zero-order valence-corrected chi connectivity index (χ0v) is 11.8. The van der Waals surface area contributed by atoms with E-state index in [-0.39, 0.29) is 0 Å². The zero-order chi connectivity index (χ0) is 12.9. The monoisotopic (exact) mass is 259 g/mol. The highest BCUT2D eigenvalue weighted by molar-refractivity contribution is 5.47. The molecule has 2 aliphatic rings. The number of aromatic nitrogens is 2. The molecule has 1 aromatic heterocycles. The fraction of sp³-hybridized carbons (Fsp3) is 0.750. The highest BCUT2D eigenvalue weighted by atomic mass is 15.0. The van der Waals surface area contributed by atoms with Crippen LogP contribution in [0.4, 0.5) is 5.82 Å². The molecule has 0 saturated heterocycles. The minimum Gasteiger partial charge on any atom is -0.367 e. The summed E-state index contributed by atoms with van der Waals surface area (Å²) in [6.07, 6.45) is 16.1. The predicted molar refractivity (Wildman–Crippen MR) is 78.4 cm³/mol. The Bertz CT molecular complexity index is 408. The molecule has 3 nitrogen and oxygen atoms in total. The molecule has 0 bridgehead atoms. The number of aryl methyl sites for hydroxylation is 1. The van der Waals surface area contributed by atoms with Crippen LogP contribution in [0, 0.1) is 0 Å². The van der Waals surface area contributed by atoms with Gasteiger partial charge in [-0.05, 0) is 38.5 Å². The summed E-state index contributed by atoms with van der Waals surface area (Å²) >= 11 is 0. The van der Waals surface area contributed by atoms with Crippen LogP contribution < -0.4 is 5.32 Å². The molecule has 0 atom stereocenters. The second kappa shape index (κ2) is 6.36. The van der Waals surface area contributed by atoms with Crippen molar-refractivity contribution >= 4 is 5.82 Å². The van der Waals surface area contributed by atoms with E-state index in [1.54, 1.807) is 6.33 Å². The number of hydrogen-bond donors (Lipinski definition) is 1. The molecule has 3 rings (SSSR count). The summed E-state index contributed by atoms with van der Waals surface area (Å²) in [7, 11) is 0. The lowest BCUT2D eigenvalue weighted by molar-refractivity contribution is 0.615. The maximum Gasteiger partial charge on any atom is 0.133 e. The predicted octanol–water partition coefficient (Wildman–Crippen LogP) is 3.88. The van der Waals surface area contributed by atoms with Crippen LogP contribution in [0.2, 0.25) is 0 Å². The van der Waals surface area contributed by atoms with Gasteiger partial charge in [-0.15, -0.1) is 0 Å². The molecular weight excluding hydrogens is 234 g/mol. The molecule has 0 aliphatic heterocycles. The number of fused-ring (bicyclic) bond motifs is 1. The lowest BCUT2D eigenvalue weighted by Gasteiger charge is -2.19. The molecule has 0 aromatic carbocycles. The molecule has 1 aromatic rings. The van der Waals surface area contributed by atoms with E-state index in [1.807, 2.05) is 0 Å². The van der Waals surface area contributed by atoms with Gasteiger partial charge in [-0.3, -0.25) is 0 Å². The van der Waals surface area contributed by atoms with Gasteiger partial charge in [0.25, 0.3) is 0 Å². The van der Waals surface area contributed by atoms with E-state index in [1.165, 1.54) is 69.0 Å². The van der Waals surface area contributed by atoms with Crippen LogP contribution in [0.5, 0.6) is 0 Å². The normalized spacial score (nSPS) is 21.3. The molecule has 0 spiro atoms. The van der Waals surface area contributed by atoms with Crippen LogP contribution in [0.15, 0.2) is 6.33 Å². The Labute approximate surface area is 116 Å². The Kier molecular flexibility index (Phi) is 4.31. The Balaban J connectivity index is 1.76. The SMILES string of the molecule is c1nc2c(c(NC3CCCCCC3)n1)CCCCC2. The Morgan fingerprint density at radius 1 is 0.842 bits per heavy atom. The van der Waals surface area contributed by atoms with E-state index in [0.29, 0.717) is 6.04 Å². The summed E-state index contributed by atoms with van der Waals surface area (Å²) in [5.41, 5.74) is 2.70. The van der Waals surface area contributed by atoms with Crippen LogP contribution in [0.3, 0.4) is 0 Å². The molecule has 0 radical (unpaired) electrons. The molecule has 1 heterocycles.